The molecule has 0 aromatic heterocycles. The highest BCUT2D eigenvalue weighted by atomic mass is 16.7. The van der Waals surface area contributed by atoms with Gasteiger partial charge in [-0.05, 0) is 36.8 Å². The first-order chi connectivity index (χ1) is 11.5. The first-order valence-corrected chi connectivity index (χ1v) is 8.01. The highest BCUT2D eigenvalue weighted by Gasteiger charge is 2.45. The molecule has 1 amide bonds. The van der Waals surface area contributed by atoms with Crippen LogP contribution < -0.4 is 14.8 Å². The maximum Gasteiger partial charge on any atom is 0.417 e. The zero-order chi connectivity index (χ0) is 16.7. The molecule has 0 aliphatic carbocycles. The molecule has 2 atom stereocenters. The maximum atomic E-state index is 12.2. The Morgan fingerprint density at radius 2 is 2.12 bits per heavy atom. The van der Waals surface area contributed by atoms with Crippen LogP contribution in [0.3, 0.4) is 0 Å². The van der Waals surface area contributed by atoms with Crippen LogP contribution in [0.4, 0.5) is 10.5 Å². The average Bonchev–Trinajstić information content (AvgIpc) is 2.87. The zero-order valence-electron chi connectivity index (χ0n) is 13.7. The molecule has 0 radical (unpaired) electrons. The summed E-state index contributed by atoms with van der Waals surface area (Å²) in [6.07, 6.45) is 0.143. The summed E-state index contributed by atoms with van der Waals surface area (Å²) in [6, 6.07) is 13.0. The van der Waals surface area contributed by atoms with Gasteiger partial charge in [0.05, 0.1) is 6.61 Å². The molecule has 1 fully saturated rings. The number of fused-ring (bicyclic) bond motifs is 4. The van der Waals surface area contributed by atoms with Gasteiger partial charge in [0.25, 0.3) is 0 Å². The number of amides is 1. The number of anilines is 1. The molecule has 2 aliphatic rings. The molecule has 2 aliphatic heterocycles. The van der Waals surface area contributed by atoms with Crippen LogP contribution in [0.1, 0.15) is 24.5 Å². The summed E-state index contributed by atoms with van der Waals surface area (Å²) in [7, 11) is 0. The molecule has 5 heteroatoms. The van der Waals surface area contributed by atoms with Crippen molar-refractivity contribution in [2.24, 2.45) is 0 Å². The predicted octanol–water partition coefficient (Wildman–Crippen LogP) is 4.00. The fourth-order valence-corrected chi connectivity index (χ4v) is 3.27. The molecule has 0 unspecified atom stereocenters. The molecule has 5 nitrogen and oxygen atoms in total. The smallest absolute Gasteiger partial charge is 0.417 e. The van der Waals surface area contributed by atoms with E-state index in [0.29, 0.717) is 12.4 Å². The number of ether oxygens (including phenoxy) is 3. The third-order valence-corrected chi connectivity index (χ3v) is 4.66. The molecule has 2 aromatic carbocycles. The molecular formula is C19H19NO4. The first kappa shape index (κ1) is 15.0. The number of hydrogen-bond acceptors (Lipinski definition) is 4. The topological polar surface area (TPSA) is 56.8 Å². The minimum atomic E-state index is -0.508. The van der Waals surface area contributed by atoms with Gasteiger partial charge in [0, 0.05) is 23.1 Å². The van der Waals surface area contributed by atoms with E-state index in [4.69, 9.17) is 14.2 Å². The van der Waals surface area contributed by atoms with E-state index in [1.165, 1.54) is 0 Å². The van der Waals surface area contributed by atoms with E-state index >= 15 is 0 Å². The van der Waals surface area contributed by atoms with Gasteiger partial charge in [-0.3, -0.25) is 5.32 Å². The van der Waals surface area contributed by atoms with Gasteiger partial charge in [0.2, 0.25) is 6.29 Å². The van der Waals surface area contributed by atoms with Crippen LogP contribution in [0.2, 0.25) is 0 Å². The van der Waals surface area contributed by atoms with Crippen LogP contribution in [0.15, 0.2) is 42.5 Å². The van der Waals surface area contributed by atoms with E-state index in [2.05, 4.69) is 12.2 Å². The van der Waals surface area contributed by atoms with Gasteiger partial charge in [-0.1, -0.05) is 25.1 Å². The second-order valence-corrected chi connectivity index (χ2v) is 6.61. The van der Waals surface area contributed by atoms with Gasteiger partial charge in [-0.25, -0.2) is 4.79 Å². The summed E-state index contributed by atoms with van der Waals surface area (Å²) in [6.45, 7) is 4.69. The number of para-hydroxylation sites is 1. The van der Waals surface area contributed by atoms with Gasteiger partial charge < -0.3 is 14.2 Å². The van der Waals surface area contributed by atoms with Crippen molar-refractivity contribution in [1.29, 1.82) is 0 Å². The first-order valence-electron chi connectivity index (χ1n) is 8.01. The van der Waals surface area contributed by atoms with Gasteiger partial charge >= 0.3 is 6.09 Å². The highest BCUT2D eigenvalue weighted by Crippen LogP contribution is 2.47. The second-order valence-electron chi connectivity index (χ2n) is 6.61. The third-order valence-electron chi connectivity index (χ3n) is 4.66. The molecule has 4 rings (SSSR count). The summed E-state index contributed by atoms with van der Waals surface area (Å²) < 4.78 is 16.9. The number of rotatable bonds is 2. The Morgan fingerprint density at radius 3 is 2.96 bits per heavy atom. The number of carbonyl (C=O) groups is 1. The van der Waals surface area contributed by atoms with Crippen molar-refractivity contribution in [2.75, 3.05) is 11.9 Å². The lowest BCUT2D eigenvalue weighted by Gasteiger charge is -2.30. The van der Waals surface area contributed by atoms with Crippen LogP contribution in [-0.4, -0.2) is 19.0 Å². The molecule has 2 aromatic rings. The van der Waals surface area contributed by atoms with E-state index in [0.717, 1.165) is 29.0 Å². The van der Waals surface area contributed by atoms with E-state index in [1.54, 1.807) is 6.07 Å². The normalized spacial score (nSPS) is 24.0. The number of carbonyl (C=O) groups excluding carboxylic acids is 1. The Hall–Kier alpha value is -2.53. The fraction of sp³-hybridized carbons (Fsp3) is 0.316. The predicted molar refractivity (Wildman–Crippen MR) is 89.6 cm³/mol. The molecule has 2 bridgehead atoms. The standard InChI is InChI=1S/C19H19NO4/c1-12-5-3-4-6-15(12)20-18(21)23-13-7-8-16-14(9-13)19(2)10-17(24-16)22-11-19/h3-9,17H,10-11H2,1-2H3,(H,20,21)/t17-,19+/m0/s1. The van der Waals surface area contributed by atoms with Gasteiger partial charge in [0.1, 0.15) is 11.5 Å². The lowest BCUT2D eigenvalue weighted by Crippen LogP contribution is -2.29. The third kappa shape index (κ3) is 2.61. The van der Waals surface area contributed by atoms with Crippen molar-refractivity contribution in [3.05, 3.63) is 53.6 Å². The average molecular weight is 325 g/mol. The number of benzene rings is 2. The molecule has 2 heterocycles. The number of hydrogen-bond donors (Lipinski definition) is 1. The van der Waals surface area contributed by atoms with Crippen molar-refractivity contribution < 1.29 is 19.0 Å². The monoisotopic (exact) mass is 325 g/mol. The SMILES string of the molecule is Cc1ccccc1NC(=O)Oc1ccc2c(c1)[C@@]1(C)CO[C@H](C1)O2. The maximum absolute atomic E-state index is 12.2. The molecule has 124 valence electrons. The minimum Gasteiger partial charge on any atom is -0.465 e. The van der Waals surface area contributed by atoms with Crippen LogP contribution >= 0.6 is 0 Å². The Kier molecular flexibility index (Phi) is 3.46. The molecule has 1 saturated heterocycles. The van der Waals surface area contributed by atoms with Gasteiger partial charge in [-0.15, -0.1) is 0 Å². The van der Waals surface area contributed by atoms with Crippen LogP contribution in [0, 0.1) is 6.92 Å². The minimum absolute atomic E-state index is 0.0931. The van der Waals surface area contributed by atoms with E-state index in [-0.39, 0.29) is 11.7 Å². The summed E-state index contributed by atoms with van der Waals surface area (Å²) in [4.78, 5) is 12.2. The Labute approximate surface area is 140 Å². The lowest BCUT2D eigenvalue weighted by atomic mass is 9.80. The largest absolute Gasteiger partial charge is 0.465 e. The molecule has 0 spiro atoms. The molecule has 1 N–H and O–H groups in total. The highest BCUT2D eigenvalue weighted by molar-refractivity contribution is 5.87. The van der Waals surface area contributed by atoms with Crippen LogP contribution in [0.25, 0.3) is 0 Å². The Morgan fingerprint density at radius 1 is 1.29 bits per heavy atom. The number of aryl methyl sites for hydroxylation is 1. The summed E-state index contributed by atoms with van der Waals surface area (Å²) in [5.74, 6) is 1.30. The van der Waals surface area contributed by atoms with Crippen molar-refractivity contribution >= 4 is 11.8 Å². The molecule has 24 heavy (non-hydrogen) atoms. The van der Waals surface area contributed by atoms with Crippen LogP contribution in [-0.2, 0) is 10.2 Å². The van der Waals surface area contributed by atoms with Crippen molar-refractivity contribution in [2.45, 2.75) is 32.0 Å². The van der Waals surface area contributed by atoms with Crippen molar-refractivity contribution in [3.8, 4) is 11.5 Å². The van der Waals surface area contributed by atoms with E-state index < -0.39 is 6.09 Å². The summed E-state index contributed by atoms with van der Waals surface area (Å²) in [5, 5.41) is 2.76. The summed E-state index contributed by atoms with van der Waals surface area (Å²) in [5.41, 5.74) is 2.65. The number of nitrogens with one attached hydrogen (secondary N) is 1. The van der Waals surface area contributed by atoms with Gasteiger partial charge in [-0.2, -0.15) is 0 Å². The van der Waals surface area contributed by atoms with Crippen LogP contribution in [0.5, 0.6) is 11.5 Å². The molecular weight excluding hydrogens is 306 g/mol. The Balaban J connectivity index is 1.53. The van der Waals surface area contributed by atoms with E-state index in [9.17, 15) is 4.79 Å². The Bertz CT molecular complexity index is 804. The van der Waals surface area contributed by atoms with Gasteiger partial charge in [0.15, 0.2) is 0 Å². The fourth-order valence-electron chi connectivity index (χ4n) is 3.27. The second kappa shape index (κ2) is 5.53. The lowest BCUT2D eigenvalue weighted by molar-refractivity contribution is -0.0380. The van der Waals surface area contributed by atoms with Crippen molar-refractivity contribution in [3.63, 3.8) is 0 Å². The zero-order valence-corrected chi connectivity index (χ0v) is 13.7. The quantitative estimate of drug-likeness (QED) is 0.906. The van der Waals surface area contributed by atoms with Crippen molar-refractivity contribution in [1.82, 2.24) is 0 Å². The van der Waals surface area contributed by atoms with E-state index in [1.807, 2.05) is 43.3 Å². The molecule has 0 saturated carbocycles. The summed E-state index contributed by atoms with van der Waals surface area (Å²) >= 11 is 0.